The third kappa shape index (κ3) is 4.40. The summed E-state index contributed by atoms with van der Waals surface area (Å²) >= 11 is 5.01. The minimum Gasteiger partial charge on any atom is -0.354 e. The second-order valence-electron chi connectivity index (χ2n) is 4.28. The van der Waals surface area contributed by atoms with Gasteiger partial charge in [-0.2, -0.15) is 0 Å². The van der Waals surface area contributed by atoms with Crippen molar-refractivity contribution in [1.82, 2.24) is 15.6 Å². The van der Waals surface area contributed by atoms with Gasteiger partial charge in [-0.05, 0) is 19.2 Å². The summed E-state index contributed by atoms with van der Waals surface area (Å²) in [7, 11) is 1.86. The lowest BCUT2D eigenvalue weighted by molar-refractivity contribution is -0.120. The highest BCUT2D eigenvalue weighted by Crippen LogP contribution is 2.26. The van der Waals surface area contributed by atoms with Crippen molar-refractivity contribution >= 4 is 33.2 Å². The van der Waals surface area contributed by atoms with Crippen LogP contribution in [0.25, 0.3) is 10.6 Å². The van der Waals surface area contributed by atoms with Crippen LogP contribution in [0.3, 0.4) is 0 Å². The number of carbonyl (C=O) groups excluding carboxylic acids is 1. The summed E-state index contributed by atoms with van der Waals surface area (Å²) in [5.41, 5.74) is 1.87. The first-order valence-electron chi connectivity index (χ1n) is 6.30. The van der Waals surface area contributed by atoms with Crippen LogP contribution in [0, 0.1) is 0 Å². The second-order valence-corrected chi connectivity index (χ2v) is 6.06. The molecule has 4 nitrogen and oxygen atoms in total. The Morgan fingerprint density at radius 3 is 3.00 bits per heavy atom. The largest absolute Gasteiger partial charge is 0.354 e. The number of thiazole rings is 1. The Labute approximate surface area is 130 Å². The molecular weight excluding hydrogens is 338 g/mol. The number of hydrogen-bond acceptors (Lipinski definition) is 4. The molecule has 6 heteroatoms. The molecule has 2 aromatic rings. The van der Waals surface area contributed by atoms with Gasteiger partial charge < -0.3 is 10.6 Å². The molecule has 0 aliphatic carbocycles. The van der Waals surface area contributed by atoms with Crippen LogP contribution in [-0.4, -0.2) is 31.0 Å². The van der Waals surface area contributed by atoms with Crippen molar-refractivity contribution in [1.29, 1.82) is 0 Å². The van der Waals surface area contributed by atoms with E-state index in [9.17, 15) is 4.79 Å². The van der Waals surface area contributed by atoms with Gasteiger partial charge in [-0.15, -0.1) is 11.3 Å². The van der Waals surface area contributed by atoms with Crippen LogP contribution in [0.4, 0.5) is 0 Å². The maximum atomic E-state index is 11.7. The molecule has 1 amide bonds. The summed E-state index contributed by atoms with van der Waals surface area (Å²) < 4.78 is 1.02. The molecular formula is C14H16BrN3OS. The highest BCUT2D eigenvalue weighted by Gasteiger charge is 2.08. The number of benzene rings is 1. The van der Waals surface area contributed by atoms with Crippen LogP contribution in [0.5, 0.6) is 0 Å². The average Bonchev–Trinajstić information content (AvgIpc) is 2.87. The fourth-order valence-electron chi connectivity index (χ4n) is 1.70. The molecule has 0 saturated carbocycles. The van der Waals surface area contributed by atoms with E-state index in [0.29, 0.717) is 13.0 Å². The molecule has 0 atom stereocenters. The van der Waals surface area contributed by atoms with Crippen molar-refractivity contribution in [2.24, 2.45) is 0 Å². The third-order valence-corrected chi connectivity index (χ3v) is 4.10. The standard InChI is InChI=1S/C14H16BrN3OS/c1-16-5-6-17-13(19)8-12-9-20-14(18-12)10-3-2-4-11(15)7-10/h2-4,7,9,16H,5-6,8H2,1H3,(H,17,19). The second kappa shape index (κ2) is 7.52. The molecule has 0 radical (unpaired) electrons. The number of nitrogens with zero attached hydrogens (tertiary/aromatic N) is 1. The molecule has 0 aliphatic heterocycles. The molecule has 0 unspecified atom stereocenters. The van der Waals surface area contributed by atoms with E-state index in [2.05, 4.69) is 31.5 Å². The number of halogens is 1. The number of carbonyl (C=O) groups is 1. The van der Waals surface area contributed by atoms with Gasteiger partial charge >= 0.3 is 0 Å². The van der Waals surface area contributed by atoms with Gasteiger partial charge in [0.25, 0.3) is 0 Å². The van der Waals surface area contributed by atoms with Crippen LogP contribution >= 0.6 is 27.3 Å². The number of hydrogen-bond donors (Lipinski definition) is 2. The first kappa shape index (κ1) is 15.2. The van der Waals surface area contributed by atoms with Crippen LogP contribution in [-0.2, 0) is 11.2 Å². The van der Waals surface area contributed by atoms with Crippen molar-refractivity contribution in [3.8, 4) is 10.6 Å². The molecule has 1 heterocycles. The number of rotatable bonds is 6. The molecule has 0 aliphatic rings. The lowest BCUT2D eigenvalue weighted by Crippen LogP contribution is -2.31. The lowest BCUT2D eigenvalue weighted by Gasteiger charge is -2.02. The Balaban J connectivity index is 1.97. The molecule has 1 aromatic carbocycles. The van der Waals surface area contributed by atoms with E-state index < -0.39 is 0 Å². The van der Waals surface area contributed by atoms with Gasteiger partial charge in [-0.3, -0.25) is 4.79 Å². The van der Waals surface area contributed by atoms with Crippen molar-refractivity contribution in [3.63, 3.8) is 0 Å². The predicted octanol–water partition coefficient (Wildman–Crippen LogP) is 2.45. The van der Waals surface area contributed by atoms with Crippen LogP contribution in [0.15, 0.2) is 34.1 Å². The third-order valence-electron chi connectivity index (χ3n) is 2.66. The van der Waals surface area contributed by atoms with E-state index in [1.54, 1.807) is 11.3 Å². The van der Waals surface area contributed by atoms with Gasteiger partial charge in [0.1, 0.15) is 5.01 Å². The summed E-state index contributed by atoms with van der Waals surface area (Å²) in [5, 5.41) is 8.70. The molecule has 0 bridgehead atoms. The summed E-state index contributed by atoms with van der Waals surface area (Å²) in [6.45, 7) is 1.41. The van der Waals surface area contributed by atoms with E-state index >= 15 is 0 Å². The monoisotopic (exact) mass is 353 g/mol. The highest BCUT2D eigenvalue weighted by atomic mass is 79.9. The first-order valence-corrected chi connectivity index (χ1v) is 7.98. The smallest absolute Gasteiger partial charge is 0.226 e. The lowest BCUT2D eigenvalue weighted by atomic mass is 10.2. The zero-order chi connectivity index (χ0) is 14.4. The molecule has 0 fully saturated rings. The van der Waals surface area contributed by atoms with Crippen molar-refractivity contribution in [2.75, 3.05) is 20.1 Å². The molecule has 2 rings (SSSR count). The number of amides is 1. The topological polar surface area (TPSA) is 54.0 Å². The number of likely N-dealkylation sites (N-methyl/N-ethyl adjacent to an activating group) is 1. The maximum Gasteiger partial charge on any atom is 0.226 e. The van der Waals surface area contributed by atoms with Gasteiger partial charge in [0.15, 0.2) is 0 Å². The molecule has 0 spiro atoms. The summed E-state index contributed by atoms with van der Waals surface area (Å²) in [6, 6.07) is 7.99. The fourth-order valence-corrected chi connectivity index (χ4v) is 2.91. The molecule has 20 heavy (non-hydrogen) atoms. The highest BCUT2D eigenvalue weighted by molar-refractivity contribution is 9.10. The van der Waals surface area contributed by atoms with E-state index in [1.807, 2.05) is 36.7 Å². The molecule has 0 saturated heterocycles. The average molecular weight is 354 g/mol. The van der Waals surface area contributed by atoms with Crippen LogP contribution in [0.1, 0.15) is 5.69 Å². The van der Waals surface area contributed by atoms with Gasteiger partial charge in [0.05, 0.1) is 12.1 Å². The van der Waals surface area contributed by atoms with E-state index in [-0.39, 0.29) is 5.91 Å². The minimum atomic E-state index is 0.00587. The Morgan fingerprint density at radius 1 is 1.40 bits per heavy atom. The Hall–Kier alpha value is -1.24. The summed E-state index contributed by atoms with van der Waals surface area (Å²) in [4.78, 5) is 16.2. The van der Waals surface area contributed by atoms with Gasteiger partial charge in [0.2, 0.25) is 5.91 Å². The minimum absolute atomic E-state index is 0.00587. The predicted molar refractivity (Wildman–Crippen MR) is 85.9 cm³/mol. The molecule has 106 valence electrons. The summed E-state index contributed by atoms with van der Waals surface area (Å²) in [5.74, 6) is 0.00587. The first-order chi connectivity index (χ1) is 9.69. The van der Waals surface area contributed by atoms with Crippen LogP contribution in [0.2, 0.25) is 0 Å². The Morgan fingerprint density at radius 2 is 2.25 bits per heavy atom. The quantitative estimate of drug-likeness (QED) is 0.784. The Bertz CT molecular complexity index is 585. The van der Waals surface area contributed by atoms with Crippen molar-refractivity contribution in [3.05, 3.63) is 39.8 Å². The summed E-state index contributed by atoms with van der Waals surface area (Å²) in [6.07, 6.45) is 0.328. The van der Waals surface area contributed by atoms with Gasteiger partial charge in [0, 0.05) is 28.5 Å². The Kier molecular flexibility index (Phi) is 5.70. The molecule has 1 aromatic heterocycles. The van der Waals surface area contributed by atoms with Crippen molar-refractivity contribution < 1.29 is 4.79 Å². The van der Waals surface area contributed by atoms with E-state index in [1.165, 1.54) is 0 Å². The maximum absolute atomic E-state index is 11.7. The van der Waals surface area contributed by atoms with Crippen molar-refractivity contribution in [2.45, 2.75) is 6.42 Å². The van der Waals surface area contributed by atoms with Gasteiger partial charge in [-0.1, -0.05) is 28.1 Å². The zero-order valence-corrected chi connectivity index (χ0v) is 13.6. The zero-order valence-electron chi connectivity index (χ0n) is 11.1. The van der Waals surface area contributed by atoms with Crippen LogP contribution < -0.4 is 10.6 Å². The van der Waals surface area contributed by atoms with Gasteiger partial charge in [-0.25, -0.2) is 4.98 Å². The fraction of sp³-hybridized carbons (Fsp3) is 0.286. The number of nitrogens with one attached hydrogen (secondary N) is 2. The van der Waals surface area contributed by atoms with E-state index in [4.69, 9.17) is 0 Å². The van der Waals surface area contributed by atoms with E-state index in [0.717, 1.165) is 27.3 Å². The molecule has 2 N–H and O–H groups in total. The number of aromatic nitrogens is 1. The SMILES string of the molecule is CNCCNC(=O)Cc1csc(-c2cccc(Br)c2)n1. The normalized spacial score (nSPS) is 10.5.